The molecule has 1 aliphatic carbocycles. The fraction of sp³-hybridized carbons (Fsp3) is 0.615. The number of carboxylic acids is 1. The van der Waals surface area contributed by atoms with E-state index in [2.05, 4.69) is 15.3 Å². The van der Waals surface area contributed by atoms with E-state index in [1.165, 1.54) is 6.33 Å². The van der Waals surface area contributed by atoms with Crippen LogP contribution in [-0.4, -0.2) is 45.7 Å². The first-order chi connectivity index (χ1) is 9.54. The Bertz CT molecular complexity index is 462. The van der Waals surface area contributed by atoms with Crippen molar-refractivity contribution in [1.29, 1.82) is 0 Å². The second-order valence-electron chi connectivity index (χ2n) is 5.16. The standard InChI is InChI=1S/C13H19N3O4/c1-20-13(3-2-4-13)6-11(17)16-10(12(18)19)5-9-7-14-8-15-9/h7-8,10H,2-6H2,1H3,(H,14,15)(H,16,17)(H,18,19)/t10-/m1/s1. The lowest BCUT2D eigenvalue weighted by atomic mass is 9.77. The molecule has 3 N–H and O–H groups in total. The van der Waals surface area contributed by atoms with E-state index in [-0.39, 0.29) is 18.7 Å². The van der Waals surface area contributed by atoms with Crippen molar-refractivity contribution in [3.05, 3.63) is 18.2 Å². The van der Waals surface area contributed by atoms with Gasteiger partial charge in [0.2, 0.25) is 5.91 Å². The van der Waals surface area contributed by atoms with E-state index in [4.69, 9.17) is 9.84 Å². The highest BCUT2D eigenvalue weighted by molar-refractivity contribution is 5.84. The number of nitrogens with one attached hydrogen (secondary N) is 2. The summed E-state index contributed by atoms with van der Waals surface area (Å²) < 4.78 is 5.37. The molecule has 1 aromatic heterocycles. The number of carbonyl (C=O) groups excluding carboxylic acids is 1. The van der Waals surface area contributed by atoms with Gasteiger partial charge < -0.3 is 20.1 Å². The first-order valence-corrected chi connectivity index (χ1v) is 6.59. The average molecular weight is 281 g/mol. The molecule has 1 saturated carbocycles. The van der Waals surface area contributed by atoms with Crippen LogP contribution in [0.25, 0.3) is 0 Å². The van der Waals surface area contributed by atoms with Crippen molar-refractivity contribution in [1.82, 2.24) is 15.3 Å². The van der Waals surface area contributed by atoms with Gasteiger partial charge in [0, 0.05) is 25.4 Å². The quantitative estimate of drug-likeness (QED) is 0.674. The Kier molecular flexibility index (Phi) is 4.39. The Labute approximate surface area is 116 Å². The first-order valence-electron chi connectivity index (χ1n) is 6.59. The minimum absolute atomic E-state index is 0.182. The maximum Gasteiger partial charge on any atom is 0.326 e. The van der Waals surface area contributed by atoms with Gasteiger partial charge in [0.15, 0.2) is 0 Å². The van der Waals surface area contributed by atoms with Crippen LogP contribution in [0.3, 0.4) is 0 Å². The number of hydrogen-bond acceptors (Lipinski definition) is 4. The van der Waals surface area contributed by atoms with Crippen LogP contribution in [0, 0.1) is 0 Å². The second kappa shape index (κ2) is 6.04. The molecule has 1 aromatic rings. The predicted octanol–water partition coefficient (Wildman–Crippen LogP) is 0.481. The minimum atomic E-state index is -1.06. The van der Waals surface area contributed by atoms with Gasteiger partial charge in [-0.3, -0.25) is 4.79 Å². The number of hydrogen-bond donors (Lipinski definition) is 3. The third kappa shape index (κ3) is 3.36. The van der Waals surface area contributed by atoms with Crippen LogP contribution in [0.2, 0.25) is 0 Å². The highest BCUT2D eigenvalue weighted by Gasteiger charge is 2.39. The van der Waals surface area contributed by atoms with Crippen LogP contribution >= 0.6 is 0 Å². The predicted molar refractivity (Wildman–Crippen MR) is 70.1 cm³/mol. The number of ether oxygens (including phenoxy) is 1. The summed E-state index contributed by atoms with van der Waals surface area (Å²) in [4.78, 5) is 29.8. The topological polar surface area (TPSA) is 104 Å². The number of aromatic nitrogens is 2. The van der Waals surface area contributed by atoms with Gasteiger partial charge in [0.1, 0.15) is 6.04 Å². The van der Waals surface area contributed by atoms with Gasteiger partial charge in [-0.2, -0.15) is 0 Å². The summed E-state index contributed by atoms with van der Waals surface area (Å²) in [6, 6.07) is -0.961. The largest absolute Gasteiger partial charge is 0.480 e. The first kappa shape index (κ1) is 14.5. The molecule has 1 aliphatic rings. The van der Waals surface area contributed by atoms with Crippen molar-refractivity contribution in [2.75, 3.05) is 7.11 Å². The molecule has 0 aromatic carbocycles. The van der Waals surface area contributed by atoms with Gasteiger partial charge >= 0.3 is 5.97 Å². The fourth-order valence-electron chi connectivity index (χ4n) is 2.38. The summed E-state index contributed by atoms with van der Waals surface area (Å²) in [6.45, 7) is 0. The van der Waals surface area contributed by atoms with Crippen molar-refractivity contribution in [2.24, 2.45) is 0 Å². The van der Waals surface area contributed by atoms with Crippen LogP contribution in [-0.2, 0) is 20.7 Å². The molecule has 20 heavy (non-hydrogen) atoms. The maximum absolute atomic E-state index is 12.0. The number of methoxy groups -OCH3 is 1. The van der Waals surface area contributed by atoms with E-state index in [0.717, 1.165) is 19.3 Å². The maximum atomic E-state index is 12.0. The molecular weight excluding hydrogens is 262 g/mol. The molecule has 7 heteroatoms. The van der Waals surface area contributed by atoms with Gasteiger partial charge in [-0.1, -0.05) is 0 Å². The van der Waals surface area contributed by atoms with Crippen molar-refractivity contribution in [3.8, 4) is 0 Å². The number of aromatic amines is 1. The summed E-state index contributed by atoms with van der Waals surface area (Å²) in [6.07, 6.45) is 6.13. The van der Waals surface area contributed by atoms with E-state index >= 15 is 0 Å². The minimum Gasteiger partial charge on any atom is -0.480 e. The molecule has 0 unspecified atom stereocenters. The van der Waals surface area contributed by atoms with Crippen LogP contribution in [0.15, 0.2) is 12.5 Å². The summed E-state index contributed by atoms with van der Waals surface area (Å²) >= 11 is 0. The zero-order valence-electron chi connectivity index (χ0n) is 11.4. The highest BCUT2D eigenvalue weighted by Crippen LogP contribution is 2.37. The number of carboxylic acid groups (broad SMARTS) is 1. The average Bonchev–Trinajstić information content (AvgIpc) is 2.86. The number of amides is 1. The molecule has 2 rings (SSSR count). The smallest absolute Gasteiger partial charge is 0.326 e. The normalized spacial score (nSPS) is 18.1. The molecule has 0 aliphatic heterocycles. The molecule has 7 nitrogen and oxygen atoms in total. The van der Waals surface area contributed by atoms with Gasteiger partial charge in [-0.15, -0.1) is 0 Å². The molecule has 1 atom stereocenters. The Morgan fingerprint density at radius 3 is 2.80 bits per heavy atom. The van der Waals surface area contributed by atoms with Crippen molar-refractivity contribution >= 4 is 11.9 Å². The monoisotopic (exact) mass is 281 g/mol. The lowest BCUT2D eigenvalue weighted by Crippen LogP contribution is -2.48. The Morgan fingerprint density at radius 1 is 1.60 bits per heavy atom. The lowest BCUT2D eigenvalue weighted by molar-refractivity contribution is -0.144. The summed E-state index contributed by atoms with van der Waals surface area (Å²) in [5.41, 5.74) is 0.268. The van der Waals surface area contributed by atoms with Crippen LogP contribution in [0.4, 0.5) is 0 Å². The van der Waals surface area contributed by atoms with Crippen molar-refractivity contribution < 1.29 is 19.4 Å². The van der Waals surface area contributed by atoms with Gasteiger partial charge in [0.25, 0.3) is 0 Å². The third-order valence-electron chi connectivity index (χ3n) is 3.79. The number of carbonyl (C=O) groups is 2. The number of imidazole rings is 1. The molecule has 0 spiro atoms. The summed E-state index contributed by atoms with van der Waals surface area (Å²) in [5, 5.41) is 11.7. The number of aliphatic carboxylic acids is 1. The van der Waals surface area contributed by atoms with E-state index in [0.29, 0.717) is 5.69 Å². The Hall–Kier alpha value is -1.89. The lowest BCUT2D eigenvalue weighted by Gasteiger charge is -2.40. The SMILES string of the molecule is COC1(CC(=O)N[C@H](Cc2cnc[nH]2)C(=O)O)CCC1. The molecule has 110 valence electrons. The molecular formula is C13H19N3O4. The molecule has 1 amide bonds. The van der Waals surface area contributed by atoms with Crippen molar-refractivity contribution in [3.63, 3.8) is 0 Å². The zero-order chi connectivity index (χ0) is 14.6. The number of H-pyrrole nitrogens is 1. The molecule has 0 radical (unpaired) electrons. The second-order valence-corrected chi connectivity index (χ2v) is 5.16. The number of nitrogens with zero attached hydrogens (tertiary/aromatic N) is 1. The Balaban J connectivity index is 1.90. The van der Waals surface area contributed by atoms with E-state index in [9.17, 15) is 9.59 Å². The van der Waals surface area contributed by atoms with Crippen LogP contribution in [0.5, 0.6) is 0 Å². The Morgan fingerprint density at radius 2 is 2.35 bits per heavy atom. The van der Waals surface area contributed by atoms with Gasteiger partial charge in [-0.05, 0) is 19.3 Å². The van der Waals surface area contributed by atoms with E-state index in [1.807, 2.05) is 0 Å². The fourth-order valence-corrected chi connectivity index (χ4v) is 2.38. The van der Waals surface area contributed by atoms with E-state index in [1.54, 1.807) is 13.3 Å². The molecule has 1 heterocycles. The van der Waals surface area contributed by atoms with Gasteiger partial charge in [-0.25, -0.2) is 9.78 Å². The number of rotatable bonds is 7. The summed E-state index contributed by atoms with van der Waals surface area (Å²) in [5.74, 6) is -1.36. The summed E-state index contributed by atoms with van der Waals surface area (Å²) in [7, 11) is 1.59. The highest BCUT2D eigenvalue weighted by atomic mass is 16.5. The van der Waals surface area contributed by atoms with Crippen LogP contribution in [0.1, 0.15) is 31.4 Å². The molecule has 1 fully saturated rings. The van der Waals surface area contributed by atoms with E-state index < -0.39 is 17.6 Å². The molecule has 0 saturated heterocycles. The zero-order valence-corrected chi connectivity index (χ0v) is 11.4. The molecule has 0 bridgehead atoms. The van der Waals surface area contributed by atoms with Crippen molar-refractivity contribution in [2.45, 2.75) is 43.7 Å². The van der Waals surface area contributed by atoms with Gasteiger partial charge in [0.05, 0.1) is 18.3 Å². The third-order valence-corrected chi connectivity index (χ3v) is 3.79. The van der Waals surface area contributed by atoms with Crippen LogP contribution < -0.4 is 5.32 Å².